The van der Waals surface area contributed by atoms with Crippen molar-refractivity contribution < 1.29 is 9.53 Å². The highest BCUT2D eigenvalue weighted by molar-refractivity contribution is 5.94. The summed E-state index contributed by atoms with van der Waals surface area (Å²) in [5, 5.41) is 2.79. The summed E-state index contributed by atoms with van der Waals surface area (Å²) < 4.78 is 5.29. The Morgan fingerprint density at radius 3 is 2.56 bits per heavy atom. The molecule has 0 spiro atoms. The molecule has 0 aliphatic heterocycles. The van der Waals surface area contributed by atoms with Crippen molar-refractivity contribution in [1.29, 1.82) is 0 Å². The summed E-state index contributed by atoms with van der Waals surface area (Å²) in [4.78, 5) is 11.7. The lowest BCUT2D eigenvalue weighted by molar-refractivity contribution is 0.0941. The molecule has 0 heterocycles. The molecule has 4 heteroatoms. The Morgan fingerprint density at radius 1 is 1.44 bits per heavy atom. The number of ether oxygens (including phenoxy) is 1. The van der Waals surface area contributed by atoms with Crippen LogP contribution in [-0.2, 0) is 0 Å². The lowest BCUT2D eigenvalue weighted by Crippen LogP contribution is -2.37. The fourth-order valence-electron chi connectivity index (χ4n) is 1.24. The number of amides is 1. The van der Waals surface area contributed by atoms with Gasteiger partial charge in [0.25, 0.3) is 5.91 Å². The molecule has 1 atom stereocenters. The number of carbonyl (C=O) groups excluding carboxylic acids is 1. The second kappa shape index (κ2) is 6.12. The van der Waals surface area contributed by atoms with Crippen LogP contribution >= 0.6 is 0 Å². The molecule has 1 rings (SSSR count). The summed E-state index contributed by atoms with van der Waals surface area (Å²) in [5.74, 6) is 0.659. The van der Waals surface area contributed by atoms with E-state index < -0.39 is 0 Å². The number of hydrogen-bond acceptors (Lipinski definition) is 3. The van der Waals surface area contributed by atoms with Crippen LogP contribution in [0.3, 0.4) is 0 Å². The van der Waals surface area contributed by atoms with Gasteiger partial charge in [-0.3, -0.25) is 4.79 Å². The van der Waals surface area contributed by atoms with E-state index in [0.29, 0.717) is 18.7 Å². The Balaban J connectivity index is 2.63. The Kier molecular flexibility index (Phi) is 4.79. The van der Waals surface area contributed by atoms with Crippen molar-refractivity contribution in [3.63, 3.8) is 0 Å². The molecule has 16 heavy (non-hydrogen) atoms. The molecule has 0 saturated carbocycles. The van der Waals surface area contributed by atoms with Crippen molar-refractivity contribution in [2.45, 2.75) is 19.9 Å². The van der Waals surface area contributed by atoms with Crippen molar-refractivity contribution in [3.8, 4) is 5.75 Å². The van der Waals surface area contributed by atoms with E-state index in [0.717, 1.165) is 5.75 Å². The average molecular weight is 222 g/mol. The molecule has 88 valence electrons. The average Bonchev–Trinajstić information content (AvgIpc) is 2.30. The van der Waals surface area contributed by atoms with Gasteiger partial charge in [0, 0.05) is 18.2 Å². The third-order valence-corrected chi connectivity index (χ3v) is 2.16. The third kappa shape index (κ3) is 3.55. The Labute approximate surface area is 95.8 Å². The molecule has 0 saturated heterocycles. The predicted octanol–water partition coefficient (Wildman–Crippen LogP) is 1.16. The standard InChI is InChI=1S/C12H18N2O2/c1-3-16-11-6-4-10(5-7-11)12(15)14-9(2)8-13/h4-7,9H,3,8,13H2,1-2H3,(H,14,15)/t9-/m0/s1. The maximum Gasteiger partial charge on any atom is 0.251 e. The first kappa shape index (κ1) is 12.5. The molecule has 3 N–H and O–H groups in total. The van der Waals surface area contributed by atoms with Crippen LogP contribution in [0.5, 0.6) is 5.75 Å². The third-order valence-electron chi connectivity index (χ3n) is 2.16. The highest BCUT2D eigenvalue weighted by Crippen LogP contribution is 2.11. The summed E-state index contributed by atoms with van der Waals surface area (Å²) >= 11 is 0. The highest BCUT2D eigenvalue weighted by Gasteiger charge is 2.08. The lowest BCUT2D eigenvalue weighted by Gasteiger charge is -2.11. The largest absolute Gasteiger partial charge is 0.494 e. The van der Waals surface area contributed by atoms with Gasteiger partial charge in [-0.1, -0.05) is 0 Å². The highest BCUT2D eigenvalue weighted by atomic mass is 16.5. The van der Waals surface area contributed by atoms with Gasteiger partial charge in [-0.2, -0.15) is 0 Å². The zero-order valence-corrected chi connectivity index (χ0v) is 9.69. The molecule has 0 aromatic heterocycles. The van der Waals surface area contributed by atoms with E-state index in [4.69, 9.17) is 10.5 Å². The number of benzene rings is 1. The molecular weight excluding hydrogens is 204 g/mol. The molecule has 0 fully saturated rings. The quantitative estimate of drug-likeness (QED) is 0.785. The van der Waals surface area contributed by atoms with Gasteiger partial charge in [0.05, 0.1) is 6.61 Å². The predicted molar refractivity (Wildman–Crippen MR) is 63.6 cm³/mol. The van der Waals surface area contributed by atoms with Crippen molar-refractivity contribution in [3.05, 3.63) is 29.8 Å². The molecule has 1 amide bonds. The lowest BCUT2D eigenvalue weighted by atomic mass is 10.2. The normalized spacial score (nSPS) is 11.9. The summed E-state index contributed by atoms with van der Waals surface area (Å²) in [6.45, 7) is 4.84. The van der Waals surface area contributed by atoms with Gasteiger partial charge in [0.2, 0.25) is 0 Å². The smallest absolute Gasteiger partial charge is 0.251 e. The Hall–Kier alpha value is -1.55. The number of hydrogen-bond donors (Lipinski definition) is 2. The van der Waals surface area contributed by atoms with Crippen LogP contribution in [0.2, 0.25) is 0 Å². The summed E-state index contributed by atoms with van der Waals surface area (Å²) in [6.07, 6.45) is 0. The summed E-state index contributed by atoms with van der Waals surface area (Å²) in [7, 11) is 0. The van der Waals surface area contributed by atoms with Gasteiger partial charge in [-0.05, 0) is 38.1 Å². The molecule has 0 bridgehead atoms. The first-order chi connectivity index (χ1) is 7.67. The van der Waals surface area contributed by atoms with Crippen molar-refractivity contribution in [2.75, 3.05) is 13.2 Å². The molecule has 1 aromatic rings. The van der Waals surface area contributed by atoms with Gasteiger partial charge in [-0.15, -0.1) is 0 Å². The topological polar surface area (TPSA) is 64.3 Å². The Bertz CT molecular complexity index is 335. The van der Waals surface area contributed by atoms with E-state index in [9.17, 15) is 4.79 Å². The van der Waals surface area contributed by atoms with E-state index in [1.165, 1.54) is 0 Å². The summed E-state index contributed by atoms with van der Waals surface area (Å²) in [5.41, 5.74) is 6.04. The van der Waals surface area contributed by atoms with Crippen LogP contribution < -0.4 is 15.8 Å². The molecule has 0 radical (unpaired) electrons. The molecule has 0 unspecified atom stereocenters. The van der Waals surface area contributed by atoms with Crippen LogP contribution in [0, 0.1) is 0 Å². The van der Waals surface area contributed by atoms with Crippen LogP contribution in [0.1, 0.15) is 24.2 Å². The van der Waals surface area contributed by atoms with Gasteiger partial charge >= 0.3 is 0 Å². The fraction of sp³-hybridized carbons (Fsp3) is 0.417. The second-order valence-electron chi connectivity index (χ2n) is 3.57. The molecule has 4 nitrogen and oxygen atoms in total. The van der Waals surface area contributed by atoms with Crippen LogP contribution in [0.25, 0.3) is 0 Å². The first-order valence-corrected chi connectivity index (χ1v) is 5.41. The van der Waals surface area contributed by atoms with Crippen LogP contribution in [-0.4, -0.2) is 25.1 Å². The number of nitrogens with one attached hydrogen (secondary N) is 1. The Morgan fingerprint density at radius 2 is 2.06 bits per heavy atom. The maximum atomic E-state index is 11.7. The minimum Gasteiger partial charge on any atom is -0.494 e. The van der Waals surface area contributed by atoms with E-state index in [-0.39, 0.29) is 11.9 Å². The maximum absolute atomic E-state index is 11.7. The van der Waals surface area contributed by atoms with E-state index >= 15 is 0 Å². The van der Waals surface area contributed by atoms with Crippen molar-refractivity contribution >= 4 is 5.91 Å². The minimum atomic E-state index is -0.110. The fourth-order valence-corrected chi connectivity index (χ4v) is 1.24. The number of carbonyl (C=O) groups is 1. The molecular formula is C12H18N2O2. The molecule has 0 aliphatic rings. The van der Waals surface area contributed by atoms with Crippen LogP contribution in [0.15, 0.2) is 24.3 Å². The molecule has 1 aromatic carbocycles. The van der Waals surface area contributed by atoms with E-state index in [1.807, 2.05) is 13.8 Å². The monoisotopic (exact) mass is 222 g/mol. The van der Waals surface area contributed by atoms with Gasteiger partial charge in [0.15, 0.2) is 0 Å². The first-order valence-electron chi connectivity index (χ1n) is 5.41. The number of nitrogens with two attached hydrogens (primary N) is 1. The van der Waals surface area contributed by atoms with Gasteiger partial charge in [0.1, 0.15) is 5.75 Å². The SMILES string of the molecule is CCOc1ccc(C(=O)N[C@@H](C)CN)cc1. The molecule has 0 aliphatic carbocycles. The zero-order valence-electron chi connectivity index (χ0n) is 9.69. The number of rotatable bonds is 5. The van der Waals surface area contributed by atoms with Gasteiger partial charge in [-0.25, -0.2) is 0 Å². The van der Waals surface area contributed by atoms with Gasteiger partial charge < -0.3 is 15.8 Å². The van der Waals surface area contributed by atoms with Crippen LogP contribution in [0.4, 0.5) is 0 Å². The van der Waals surface area contributed by atoms with Crippen molar-refractivity contribution in [1.82, 2.24) is 5.32 Å². The zero-order chi connectivity index (χ0) is 12.0. The summed E-state index contributed by atoms with van der Waals surface area (Å²) in [6, 6.07) is 7.03. The van der Waals surface area contributed by atoms with E-state index in [1.54, 1.807) is 24.3 Å². The van der Waals surface area contributed by atoms with E-state index in [2.05, 4.69) is 5.32 Å². The van der Waals surface area contributed by atoms with Crippen molar-refractivity contribution in [2.24, 2.45) is 5.73 Å². The minimum absolute atomic E-state index is 0.0148. The second-order valence-corrected chi connectivity index (χ2v) is 3.57.